The molecule has 45 heavy (non-hydrogen) atoms. The quantitative estimate of drug-likeness (QED) is 0.0977. The normalized spacial score (nSPS) is 24.1. The van der Waals surface area contributed by atoms with Gasteiger partial charge in [-0.05, 0) is 61.6 Å². The molecule has 0 bridgehead atoms. The van der Waals surface area contributed by atoms with E-state index >= 15 is 0 Å². The molecule has 0 saturated carbocycles. The number of methoxy groups -OCH3 is 1. The minimum atomic E-state index is -6.08. The van der Waals surface area contributed by atoms with Gasteiger partial charge in [0, 0.05) is 30.4 Å². The molecule has 0 unspecified atom stereocenters. The summed E-state index contributed by atoms with van der Waals surface area (Å²) >= 11 is 0. The molecule has 0 aliphatic heterocycles. The van der Waals surface area contributed by atoms with Crippen LogP contribution in [0.5, 0.6) is 11.5 Å². The SMILES string of the molecule is COCOc1cc(C)cc(OS(=O)(=O)C(F)(F)F)c1C[C@H](OCOCc1ccccc1)[C@]1(O)C(C)=CC(=O)[C@H]2CC=CC[C@]21C. The van der Waals surface area contributed by atoms with Crippen LogP contribution in [0.15, 0.2) is 66.3 Å². The summed E-state index contributed by atoms with van der Waals surface area (Å²) in [7, 11) is -4.75. The van der Waals surface area contributed by atoms with E-state index in [-0.39, 0.29) is 42.9 Å². The summed E-state index contributed by atoms with van der Waals surface area (Å²) in [6.45, 7) is 4.36. The van der Waals surface area contributed by atoms with E-state index in [0.717, 1.165) is 11.6 Å². The number of rotatable bonds is 13. The Labute approximate surface area is 260 Å². The number of ketones is 1. The van der Waals surface area contributed by atoms with Crippen molar-refractivity contribution in [1.29, 1.82) is 0 Å². The van der Waals surface area contributed by atoms with E-state index in [9.17, 15) is 31.5 Å². The van der Waals surface area contributed by atoms with Crippen molar-refractivity contribution in [3.05, 3.63) is 83.0 Å². The lowest BCUT2D eigenvalue weighted by atomic mass is 9.52. The molecule has 0 spiro atoms. The average Bonchev–Trinajstić information content (AvgIpc) is 2.97. The second-order valence-electron chi connectivity index (χ2n) is 11.5. The number of carbonyl (C=O) groups is 1. The molecule has 0 amide bonds. The lowest BCUT2D eigenvalue weighted by molar-refractivity contribution is -0.204. The average molecular weight is 655 g/mol. The Morgan fingerprint density at radius 1 is 1.07 bits per heavy atom. The number of fused-ring (bicyclic) bond motifs is 1. The first-order valence-electron chi connectivity index (χ1n) is 14.2. The zero-order chi connectivity index (χ0) is 33.0. The molecule has 4 atom stereocenters. The third kappa shape index (κ3) is 7.12. The monoisotopic (exact) mass is 654 g/mol. The molecule has 2 aromatic carbocycles. The van der Waals surface area contributed by atoms with Crippen molar-refractivity contribution in [2.75, 3.05) is 20.7 Å². The summed E-state index contributed by atoms with van der Waals surface area (Å²) in [6, 6.07) is 11.8. The van der Waals surface area contributed by atoms with E-state index in [1.165, 1.54) is 26.2 Å². The predicted octanol–water partition coefficient (Wildman–Crippen LogP) is 5.54. The summed E-state index contributed by atoms with van der Waals surface area (Å²) < 4.78 is 92.0. The summed E-state index contributed by atoms with van der Waals surface area (Å²) in [5.74, 6) is -1.47. The first-order valence-corrected chi connectivity index (χ1v) is 15.6. The van der Waals surface area contributed by atoms with Crippen LogP contribution in [0.3, 0.4) is 0 Å². The number of carbonyl (C=O) groups excluding carboxylic acids is 1. The van der Waals surface area contributed by atoms with Crippen LogP contribution in [0.25, 0.3) is 0 Å². The van der Waals surface area contributed by atoms with Gasteiger partial charge >= 0.3 is 15.6 Å². The Morgan fingerprint density at radius 2 is 1.76 bits per heavy atom. The van der Waals surface area contributed by atoms with Gasteiger partial charge in [0.1, 0.15) is 23.9 Å². The minimum Gasteiger partial charge on any atom is -0.467 e. The summed E-state index contributed by atoms with van der Waals surface area (Å²) in [6.07, 6.45) is 4.07. The Morgan fingerprint density at radius 3 is 2.42 bits per heavy atom. The van der Waals surface area contributed by atoms with Crippen LogP contribution in [-0.4, -0.2) is 57.2 Å². The van der Waals surface area contributed by atoms with Gasteiger partial charge in [-0.25, -0.2) is 0 Å². The predicted molar refractivity (Wildman–Crippen MR) is 158 cm³/mol. The number of aryl methyl sites for hydroxylation is 1. The topological polar surface area (TPSA) is 118 Å². The molecule has 9 nitrogen and oxygen atoms in total. The summed E-state index contributed by atoms with van der Waals surface area (Å²) in [5.41, 5.74) is -7.33. The van der Waals surface area contributed by atoms with Gasteiger partial charge in [-0.15, -0.1) is 0 Å². The van der Waals surface area contributed by atoms with Crippen molar-refractivity contribution in [2.45, 2.75) is 63.9 Å². The largest absolute Gasteiger partial charge is 0.534 e. The van der Waals surface area contributed by atoms with Gasteiger partial charge in [0.2, 0.25) is 0 Å². The molecule has 0 radical (unpaired) electrons. The maximum Gasteiger partial charge on any atom is 0.534 e. The van der Waals surface area contributed by atoms with Gasteiger partial charge in [-0.2, -0.15) is 21.6 Å². The van der Waals surface area contributed by atoms with Crippen molar-refractivity contribution in [3.8, 4) is 11.5 Å². The maximum absolute atomic E-state index is 13.4. The number of aliphatic hydroxyl groups is 1. The van der Waals surface area contributed by atoms with Crippen LogP contribution in [-0.2, 0) is 42.2 Å². The number of halogens is 3. The molecule has 1 N–H and O–H groups in total. The Bertz CT molecular complexity index is 1540. The van der Waals surface area contributed by atoms with Crippen LogP contribution in [0.2, 0.25) is 0 Å². The van der Waals surface area contributed by atoms with Gasteiger partial charge in [-0.1, -0.05) is 49.4 Å². The van der Waals surface area contributed by atoms with Gasteiger partial charge in [-0.3, -0.25) is 4.79 Å². The molecule has 0 saturated heterocycles. The third-order valence-corrected chi connectivity index (χ3v) is 9.44. The van der Waals surface area contributed by atoms with Crippen LogP contribution in [0.1, 0.15) is 43.4 Å². The second-order valence-corrected chi connectivity index (χ2v) is 13.0. The highest BCUT2D eigenvalue weighted by molar-refractivity contribution is 7.88. The van der Waals surface area contributed by atoms with Gasteiger partial charge in [0.15, 0.2) is 12.6 Å². The number of benzene rings is 2. The highest BCUT2D eigenvalue weighted by Crippen LogP contribution is 2.55. The fourth-order valence-corrected chi connectivity index (χ4v) is 6.61. The van der Waals surface area contributed by atoms with Crippen molar-refractivity contribution >= 4 is 15.9 Å². The van der Waals surface area contributed by atoms with Crippen LogP contribution < -0.4 is 8.92 Å². The standard InChI is InChI=1S/C32H37F3O9S/c1-21-14-27(42-19-40-4)24(28(15-21)44-45(38,39)32(33,34)35)17-29(43-20-41-18-23-10-6-5-7-11-23)31(37)22(2)16-26(36)25-12-8-9-13-30(25,31)3/h5-11,14-16,25,29,37H,12-13,17-20H2,1-4H3/t25-,29+,30-,31-/m1/s1. The fraction of sp³-hybridized carbons (Fsp3) is 0.469. The zero-order valence-corrected chi connectivity index (χ0v) is 26.2. The highest BCUT2D eigenvalue weighted by atomic mass is 32.2. The zero-order valence-electron chi connectivity index (χ0n) is 25.4. The van der Waals surface area contributed by atoms with Crippen LogP contribution in [0, 0.1) is 18.3 Å². The number of alkyl halides is 3. The van der Waals surface area contributed by atoms with E-state index in [2.05, 4.69) is 4.18 Å². The Hall–Kier alpha value is -3.23. The van der Waals surface area contributed by atoms with Gasteiger partial charge < -0.3 is 28.2 Å². The highest BCUT2D eigenvalue weighted by Gasteiger charge is 2.61. The van der Waals surface area contributed by atoms with E-state index in [0.29, 0.717) is 18.4 Å². The van der Waals surface area contributed by atoms with Crippen molar-refractivity contribution < 1.29 is 54.6 Å². The lowest BCUT2D eigenvalue weighted by Gasteiger charge is -2.55. The first kappa shape index (κ1) is 34.6. The Balaban J connectivity index is 1.82. The first-order chi connectivity index (χ1) is 21.1. The number of hydrogen-bond donors (Lipinski definition) is 1. The smallest absolute Gasteiger partial charge is 0.467 e. The van der Waals surface area contributed by atoms with Gasteiger partial charge in [0.05, 0.1) is 12.7 Å². The van der Waals surface area contributed by atoms with E-state index in [1.54, 1.807) is 13.8 Å². The molecule has 2 aliphatic carbocycles. The molecule has 246 valence electrons. The van der Waals surface area contributed by atoms with E-state index in [1.807, 2.05) is 42.5 Å². The van der Waals surface area contributed by atoms with Crippen LogP contribution >= 0.6 is 0 Å². The number of allylic oxidation sites excluding steroid dienone is 3. The summed E-state index contributed by atoms with van der Waals surface area (Å²) in [4.78, 5) is 13.1. The molecule has 0 fully saturated rings. The van der Waals surface area contributed by atoms with E-state index in [4.69, 9.17) is 18.9 Å². The number of ether oxygens (including phenoxy) is 4. The van der Waals surface area contributed by atoms with Crippen molar-refractivity contribution in [1.82, 2.24) is 0 Å². The molecule has 13 heteroatoms. The lowest BCUT2D eigenvalue weighted by Crippen LogP contribution is -2.64. The fourth-order valence-electron chi connectivity index (χ4n) is 6.13. The summed E-state index contributed by atoms with van der Waals surface area (Å²) in [5, 5.41) is 12.7. The van der Waals surface area contributed by atoms with E-state index < -0.39 is 50.8 Å². The van der Waals surface area contributed by atoms with Crippen LogP contribution in [0.4, 0.5) is 13.2 Å². The van der Waals surface area contributed by atoms with Crippen molar-refractivity contribution in [3.63, 3.8) is 0 Å². The maximum atomic E-state index is 13.4. The molecular weight excluding hydrogens is 617 g/mol. The molecular formula is C32H37F3O9S. The molecule has 2 aromatic rings. The molecule has 0 heterocycles. The van der Waals surface area contributed by atoms with Gasteiger partial charge in [0.25, 0.3) is 0 Å². The second kappa shape index (κ2) is 13.6. The Kier molecular flexibility index (Phi) is 10.5. The molecule has 4 rings (SSSR count). The molecule has 2 aliphatic rings. The van der Waals surface area contributed by atoms with Crippen molar-refractivity contribution in [2.24, 2.45) is 11.3 Å². The number of hydrogen-bond acceptors (Lipinski definition) is 9. The minimum absolute atomic E-state index is 0.0367. The molecule has 0 aromatic heterocycles. The third-order valence-electron chi connectivity index (χ3n) is 8.47.